The van der Waals surface area contributed by atoms with Gasteiger partial charge in [-0.1, -0.05) is 29.8 Å². The summed E-state index contributed by atoms with van der Waals surface area (Å²) in [7, 11) is -3.76. The normalized spacial score (nSPS) is 13.3. The van der Waals surface area contributed by atoms with Gasteiger partial charge in [0.25, 0.3) is 15.9 Å². The molecule has 9 heteroatoms. The van der Waals surface area contributed by atoms with Crippen molar-refractivity contribution in [1.29, 1.82) is 0 Å². The second kappa shape index (κ2) is 10.6. The fourth-order valence-electron chi connectivity index (χ4n) is 3.79. The van der Waals surface area contributed by atoms with Gasteiger partial charge >= 0.3 is 6.03 Å². The van der Waals surface area contributed by atoms with E-state index in [2.05, 4.69) is 15.4 Å². The first kappa shape index (κ1) is 24.3. The van der Waals surface area contributed by atoms with Crippen molar-refractivity contribution in [3.8, 4) is 0 Å². The van der Waals surface area contributed by atoms with Gasteiger partial charge in [0.2, 0.25) is 0 Å². The number of sulfonamides is 1. The Bertz CT molecular complexity index is 1300. The lowest BCUT2D eigenvalue weighted by atomic mass is 10.1. The number of hydrogen-bond acceptors (Lipinski definition) is 4. The zero-order valence-corrected chi connectivity index (χ0v) is 20.3. The van der Waals surface area contributed by atoms with Crippen LogP contribution in [0.25, 0.3) is 0 Å². The fourth-order valence-corrected chi connectivity index (χ4v) is 4.85. The van der Waals surface area contributed by atoms with Crippen molar-refractivity contribution < 1.29 is 18.0 Å². The van der Waals surface area contributed by atoms with Gasteiger partial charge in [0.05, 0.1) is 4.90 Å². The zero-order chi connectivity index (χ0) is 24.8. The highest BCUT2D eigenvalue weighted by atomic mass is 32.2. The van der Waals surface area contributed by atoms with E-state index in [1.165, 1.54) is 24.3 Å². The first-order valence-electron chi connectivity index (χ1n) is 11.4. The molecule has 1 heterocycles. The van der Waals surface area contributed by atoms with Crippen molar-refractivity contribution in [3.63, 3.8) is 0 Å². The van der Waals surface area contributed by atoms with Gasteiger partial charge in [-0.3, -0.25) is 9.52 Å². The molecule has 35 heavy (non-hydrogen) atoms. The minimum atomic E-state index is -3.76. The predicted molar refractivity (Wildman–Crippen MR) is 136 cm³/mol. The van der Waals surface area contributed by atoms with Crippen molar-refractivity contribution in [3.05, 3.63) is 89.5 Å². The molecule has 3 N–H and O–H groups in total. The van der Waals surface area contributed by atoms with Crippen molar-refractivity contribution in [1.82, 2.24) is 10.2 Å². The molecular weight excluding hydrogens is 464 g/mol. The molecule has 0 radical (unpaired) electrons. The number of aryl methyl sites for hydroxylation is 1. The van der Waals surface area contributed by atoms with Gasteiger partial charge in [-0.05, 0) is 73.9 Å². The van der Waals surface area contributed by atoms with E-state index >= 15 is 0 Å². The summed E-state index contributed by atoms with van der Waals surface area (Å²) in [6.45, 7) is 3.72. The van der Waals surface area contributed by atoms with Gasteiger partial charge in [-0.25, -0.2) is 13.2 Å². The lowest BCUT2D eigenvalue weighted by molar-refractivity contribution is 0.0950. The van der Waals surface area contributed by atoms with E-state index in [4.69, 9.17) is 0 Å². The molecule has 1 aliphatic rings. The summed E-state index contributed by atoms with van der Waals surface area (Å²) in [6.07, 6.45) is 2.05. The average molecular weight is 493 g/mol. The minimum Gasteiger partial charge on any atom is -0.348 e. The molecule has 1 fully saturated rings. The van der Waals surface area contributed by atoms with Gasteiger partial charge in [0.15, 0.2) is 0 Å². The van der Waals surface area contributed by atoms with E-state index in [-0.39, 0.29) is 23.4 Å². The summed E-state index contributed by atoms with van der Waals surface area (Å²) in [5.74, 6) is -0.327. The molecule has 1 saturated heterocycles. The van der Waals surface area contributed by atoms with E-state index < -0.39 is 10.0 Å². The van der Waals surface area contributed by atoms with Crippen LogP contribution >= 0.6 is 0 Å². The van der Waals surface area contributed by atoms with Crippen molar-refractivity contribution in [2.45, 2.75) is 31.2 Å². The van der Waals surface area contributed by atoms with Crippen LogP contribution < -0.4 is 15.4 Å². The molecular formula is C26H28N4O4S. The fraction of sp³-hybridized carbons (Fsp3) is 0.231. The van der Waals surface area contributed by atoms with Crippen molar-refractivity contribution in [2.24, 2.45) is 0 Å². The summed E-state index contributed by atoms with van der Waals surface area (Å²) < 4.78 is 27.8. The first-order chi connectivity index (χ1) is 16.8. The molecule has 0 aromatic heterocycles. The Morgan fingerprint density at radius 1 is 0.886 bits per heavy atom. The highest BCUT2D eigenvalue weighted by molar-refractivity contribution is 7.92. The van der Waals surface area contributed by atoms with E-state index in [0.29, 0.717) is 16.9 Å². The zero-order valence-electron chi connectivity index (χ0n) is 19.5. The number of benzene rings is 3. The average Bonchev–Trinajstić information content (AvgIpc) is 3.40. The maximum absolute atomic E-state index is 12.6. The standard InChI is InChI=1S/C26H28N4O4S/c1-19-7-11-22(12-8-19)29-35(33,34)24-13-9-21(10-14-24)25(31)27-18-20-5-4-6-23(17-20)28-26(32)30-15-2-3-16-30/h4-14,17,29H,2-3,15-16,18H2,1H3,(H,27,31)(H,28,32). The second-order valence-corrected chi connectivity index (χ2v) is 10.2. The second-order valence-electron chi connectivity index (χ2n) is 8.50. The number of rotatable bonds is 7. The summed E-state index contributed by atoms with van der Waals surface area (Å²) in [5, 5.41) is 5.72. The third kappa shape index (κ3) is 6.39. The van der Waals surface area contributed by atoms with Gasteiger partial charge in [0.1, 0.15) is 0 Å². The number of urea groups is 1. The smallest absolute Gasteiger partial charge is 0.321 e. The highest BCUT2D eigenvalue weighted by Crippen LogP contribution is 2.18. The Labute approximate surface area is 205 Å². The Balaban J connectivity index is 1.34. The highest BCUT2D eigenvalue weighted by Gasteiger charge is 2.18. The van der Waals surface area contributed by atoms with Crippen LogP contribution in [-0.2, 0) is 16.6 Å². The number of nitrogens with one attached hydrogen (secondary N) is 3. The number of amides is 3. The molecule has 0 spiro atoms. The number of nitrogens with zero attached hydrogens (tertiary/aromatic N) is 1. The molecule has 3 amide bonds. The lowest BCUT2D eigenvalue weighted by Gasteiger charge is -2.16. The van der Waals surface area contributed by atoms with E-state index in [9.17, 15) is 18.0 Å². The number of carbonyl (C=O) groups excluding carboxylic acids is 2. The van der Waals surface area contributed by atoms with Crippen LogP contribution in [0.1, 0.15) is 34.3 Å². The molecule has 0 unspecified atom stereocenters. The molecule has 0 atom stereocenters. The molecule has 4 rings (SSSR count). The largest absolute Gasteiger partial charge is 0.348 e. The topological polar surface area (TPSA) is 108 Å². The summed E-state index contributed by atoms with van der Waals surface area (Å²) in [5.41, 5.74) is 3.35. The Hall–Kier alpha value is -3.85. The van der Waals surface area contributed by atoms with Crippen LogP contribution in [-0.4, -0.2) is 38.3 Å². The summed E-state index contributed by atoms with van der Waals surface area (Å²) in [6, 6.07) is 20.0. The van der Waals surface area contributed by atoms with Crippen LogP contribution in [0.5, 0.6) is 0 Å². The number of likely N-dealkylation sites (tertiary alicyclic amines) is 1. The van der Waals surface area contributed by atoms with Gasteiger partial charge < -0.3 is 15.5 Å². The van der Waals surface area contributed by atoms with Crippen molar-refractivity contribution in [2.75, 3.05) is 23.1 Å². The molecule has 3 aromatic carbocycles. The quantitative estimate of drug-likeness (QED) is 0.456. The van der Waals surface area contributed by atoms with Gasteiger partial charge in [-0.2, -0.15) is 0 Å². The lowest BCUT2D eigenvalue weighted by Crippen LogP contribution is -2.32. The summed E-state index contributed by atoms with van der Waals surface area (Å²) >= 11 is 0. The minimum absolute atomic E-state index is 0.0658. The third-order valence-electron chi connectivity index (χ3n) is 5.76. The number of hydrogen-bond donors (Lipinski definition) is 3. The van der Waals surface area contributed by atoms with Gasteiger partial charge in [0, 0.05) is 36.6 Å². The van der Waals surface area contributed by atoms with Gasteiger partial charge in [-0.15, -0.1) is 0 Å². The van der Waals surface area contributed by atoms with E-state index in [0.717, 1.165) is 37.1 Å². The monoisotopic (exact) mass is 492 g/mol. The maximum atomic E-state index is 12.6. The molecule has 182 valence electrons. The van der Waals surface area contributed by atoms with E-state index in [1.54, 1.807) is 17.0 Å². The SMILES string of the molecule is Cc1ccc(NS(=O)(=O)c2ccc(C(=O)NCc3cccc(NC(=O)N4CCCC4)c3)cc2)cc1. The Morgan fingerprint density at radius 2 is 1.57 bits per heavy atom. The van der Waals surface area contributed by atoms with Crippen LogP contribution in [0.15, 0.2) is 77.7 Å². The maximum Gasteiger partial charge on any atom is 0.321 e. The van der Waals surface area contributed by atoms with Crippen LogP contribution in [0.4, 0.5) is 16.2 Å². The predicted octanol–water partition coefficient (Wildman–Crippen LogP) is 4.35. The molecule has 0 bridgehead atoms. The van der Waals surface area contributed by atoms with E-state index in [1.807, 2.05) is 43.3 Å². The van der Waals surface area contributed by atoms with Crippen LogP contribution in [0.2, 0.25) is 0 Å². The van der Waals surface area contributed by atoms with Crippen LogP contribution in [0, 0.1) is 6.92 Å². The first-order valence-corrected chi connectivity index (χ1v) is 12.9. The van der Waals surface area contributed by atoms with Crippen LogP contribution in [0.3, 0.4) is 0 Å². The van der Waals surface area contributed by atoms with Crippen molar-refractivity contribution >= 4 is 33.3 Å². The molecule has 0 saturated carbocycles. The molecule has 1 aliphatic heterocycles. The third-order valence-corrected chi connectivity index (χ3v) is 7.15. The molecule has 0 aliphatic carbocycles. The Kier molecular flexibility index (Phi) is 7.36. The Morgan fingerprint density at radius 3 is 2.26 bits per heavy atom. The number of carbonyl (C=O) groups is 2. The summed E-state index contributed by atoms with van der Waals surface area (Å²) in [4.78, 5) is 26.7. The number of anilines is 2. The molecule has 3 aromatic rings. The molecule has 8 nitrogen and oxygen atoms in total.